The Kier molecular flexibility index (Phi) is 5.50. The van der Waals surface area contributed by atoms with Gasteiger partial charge in [0, 0.05) is 26.4 Å². The van der Waals surface area contributed by atoms with Crippen LogP contribution in [0.25, 0.3) is 0 Å². The molecule has 3 heteroatoms. The third-order valence-corrected chi connectivity index (χ3v) is 17.1. The topological polar surface area (TPSA) is 40.5 Å². The highest BCUT2D eigenvalue weighted by molar-refractivity contribution is 7.82. The molecule has 2 nitrogen and oxygen atoms in total. The molecule has 0 aromatic carbocycles. The van der Waals surface area contributed by atoms with Gasteiger partial charge in [0.2, 0.25) is 0 Å². The number of thiol groups is 1. The van der Waals surface area contributed by atoms with Crippen molar-refractivity contribution in [1.29, 1.82) is 0 Å². The molecule has 6 rings (SSSR count). The van der Waals surface area contributed by atoms with Crippen molar-refractivity contribution >= 4 is 12.6 Å². The van der Waals surface area contributed by atoms with E-state index in [2.05, 4.69) is 90.0 Å². The Morgan fingerprint density at radius 3 is 1.95 bits per heavy atom. The minimum atomic E-state index is -0.897. The van der Waals surface area contributed by atoms with Gasteiger partial charge in [-0.3, -0.25) is 0 Å². The summed E-state index contributed by atoms with van der Waals surface area (Å²) < 4.78 is -0.263. The van der Waals surface area contributed by atoms with Crippen molar-refractivity contribution in [2.45, 2.75) is 151 Å². The monoisotopic (exact) mass is 558 g/mol. The first-order valence-corrected chi connectivity index (χ1v) is 17.2. The minimum absolute atomic E-state index is 0.0374. The molecule has 6 fully saturated rings. The van der Waals surface area contributed by atoms with Crippen LogP contribution in [-0.2, 0) is 0 Å². The summed E-state index contributed by atoms with van der Waals surface area (Å²) in [7, 11) is 0. The summed E-state index contributed by atoms with van der Waals surface area (Å²) in [5.74, 6) is 2.41. The van der Waals surface area contributed by atoms with Gasteiger partial charge < -0.3 is 10.2 Å². The largest absolute Gasteiger partial charge is 0.388 e. The van der Waals surface area contributed by atoms with E-state index in [0.717, 1.165) is 44.9 Å². The highest BCUT2D eigenvalue weighted by atomic mass is 32.1. The van der Waals surface area contributed by atoms with Gasteiger partial charge in [-0.05, 0) is 83.9 Å². The summed E-state index contributed by atoms with van der Waals surface area (Å²) in [6.07, 6.45) is 7.56. The average Bonchev–Trinajstić information content (AvgIpc) is 2.99. The van der Waals surface area contributed by atoms with Crippen LogP contribution < -0.4 is 0 Å². The van der Waals surface area contributed by atoms with Crippen molar-refractivity contribution in [3.8, 4) is 0 Å². The summed E-state index contributed by atoms with van der Waals surface area (Å²) in [6, 6.07) is 0. The van der Waals surface area contributed by atoms with Gasteiger partial charge in [-0.1, -0.05) is 103 Å². The Morgan fingerprint density at radius 1 is 0.821 bits per heavy atom. The maximum Gasteiger partial charge on any atom is 0.0849 e. The van der Waals surface area contributed by atoms with Crippen LogP contribution in [0.4, 0.5) is 0 Å². The van der Waals surface area contributed by atoms with Crippen LogP contribution in [0.5, 0.6) is 0 Å². The van der Waals surface area contributed by atoms with Crippen molar-refractivity contribution in [1.82, 2.24) is 0 Å². The van der Waals surface area contributed by atoms with Gasteiger partial charge in [0.15, 0.2) is 0 Å². The van der Waals surface area contributed by atoms with E-state index < -0.39 is 11.2 Å². The summed E-state index contributed by atoms with van der Waals surface area (Å²) in [5, 5.41) is 28.2. The van der Waals surface area contributed by atoms with Crippen molar-refractivity contribution in [3.63, 3.8) is 0 Å². The highest BCUT2D eigenvalue weighted by Gasteiger charge is 3.16. The fraction of sp³-hybridized carbons (Fsp3) is 1.00. The van der Waals surface area contributed by atoms with E-state index >= 15 is 0 Å². The van der Waals surface area contributed by atoms with E-state index in [1.54, 1.807) is 0 Å². The molecule has 0 aliphatic heterocycles. The van der Waals surface area contributed by atoms with Crippen LogP contribution in [0.1, 0.15) is 135 Å². The summed E-state index contributed by atoms with van der Waals surface area (Å²) in [4.78, 5) is 0. The average molecular weight is 559 g/mol. The van der Waals surface area contributed by atoms with Crippen LogP contribution >= 0.6 is 12.6 Å². The molecule has 224 valence electrons. The summed E-state index contributed by atoms with van der Waals surface area (Å²) in [5.41, 5.74) is -3.25. The molecular formula is C36H62O2S. The van der Waals surface area contributed by atoms with Gasteiger partial charge in [0.05, 0.1) is 11.2 Å². The lowest BCUT2D eigenvalue weighted by Gasteiger charge is -2.77. The Balaban J connectivity index is 1.85. The van der Waals surface area contributed by atoms with Crippen molar-refractivity contribution in [2.24, 2.45) is 73.4 Å². The molecule has 6 aliphatic rings. The second-order valence-electron chi connectivity index (χ2n) is 18.9. The molecule has 39 heavy (non-hydrogen) atoms. The maximum absolute atomic E-state index is 14.4. The van der Waals surface area contributed by atoms with Gasteiger partial charge in [0.25, 0.3) is 0 Å². The molecule has 6 aliphatic carbocycles. The van der Waals surface area contributed by atoms with E-state index in [9.17, 15) is 10.2 Å². The summed E-state index contributed by atoms with van der Waals surface area (Å²) >= 11 is 5.90. The lowest BCUT2D eigenvalue weighted by Crippen LogP contribution is -2.79. The SMILES string of the molecule is CCCC1C(C)C2C3(S)C(C)CC(C)CC(C)(C)[C@]4(O)C(C)(C)CC(C)(C)CC56C(CC)[C@]14[C@@]25[C@@]6(O)C3(C)C. The molecule has 8 unspecified atom stereocenters. The van der Waals surface area contributed by atoms with Crippen molar-refractivity contribution < 1.29 is 10.2 Å². The lowest BCUT2D eigenvalue weighted by molar-refractivity contribution is -0.353. The second kappa shape index (κ2) is 7.31. The first-order valence-electron chi connectivity index (χ1n) is 16.8. The molecule has 3 spiro atoms. The predicted octanol–water partition coefficient (Wildman–Crippen LogP) is 8.79. The highest BCUT2D eigenvalue weighted by Crippen LogP contribution is 3.12. The molecule has 12 atom stereocenters. The predicted molar refractivity (Wildman–Crippen MR) is 166 cm³/mol. The maximum atomic E-state index is 14.4. The van der Waals surface area contributed by atoms with Crippen molar-refractivity contribution in [3.05, 3.63) is 0 Å². The third kappa shape index (κ3) is 2.26. The van der Waals surface area contributed by atoms with E-state index in [1.165, 1.54) is 0 Å². The van der Waals surface area contributed by atoms with Crippen LogP contribution in [-0.4, -0.2) is 26.2 Å². The number of hydrogen-bond donors (Lipinski definition) is 3. The van der Waals surface area contributed by atoms with E-state index in [1.807, 2.05) is 0 Å². The minimum Gasteiger partial charge on any atom is -0.388 e. The van der Waals surface area contributed by atoms with Gasteiger partial charge in [0.1, 0.15) is 0 Å². The normalized spacial score (nSPS) is 60.6. The summed E-state index contributed by atoms with van der Waals surface area (Å²) in [6.45, 7) is 31.6. The van der Waals surface area contributed by atoms with E-state index in [4.69, 9.17) is 12.6 Å². The lowest BCUT2D eigenvalue weighted by atomic mass is 9.28. The van der Waals surface area contributed by atoms with Crippen LogP contribution in [0.3, 0.4) is 0 Å². The zero-order valence-corrected chi connectivity index (χ0v) is 28.6. The number of rotatable bonds is 3. The zero-order chi connectivity index (χ0) is 29.4. The molecule has 0 aromatic heterocycles. The molecule has 0 saturated heterocycles. The quantitative estimate of drug-likeness (QED) is 0.303. The fourth-order valence-electron chi connectivity index (χ4n) is 16.9. The molecule has 0 amide bonds. The third-order valence-electron chi connectivity index (χ3n) is 15.9. The van der Waals surface area contributed by atoms with Crippen molar-refractivity contribution in [2.75, 3.05) is 0 Å². The standard InChI is InChI=1S/C36H62O2S/c1-14-16-24-23(5)26-33(39)22(4)17-21(3)18-28(8,9)35(37)29(10,11)19-27(6,7)20-31-25(15-2)32(24,35)34(26,31)36(31,38)30(33,12)13/h21-26,37-39H,14-20H2,1-13H3/t21?,22?,23?,24?,25?,26?,31?,32-,33?,34+,35-,36+/m0/s1. The van der Waals surface area contributed by atoms with Gasteiger partial charge in [-0.25, -0.2) is 0 Å². The Hall–Kier alpha value is 0.270. The first-order chi connectivity index (χ1) is 17.6. The molecule has 2 N–H and O–H groups in total. The number of aliphatic hydroxyl groups is 2. The fourth-order valence-corrected chi connectivity index (χ4v) is 17.6. The molecule has 0 radical (unpaired) electrons. The molecule has 0 heterocycles. The molecule has 0 aromatic rings. The Bertz CT molecular complexity index is 1090. The van der Waals surface area contributed by atoms with Crippen LogP contribution in [0.2, 0.25) is 0 Å². The molecule has 5 bridgehead atoms. The number of hydrogen-bond acceptors (Lipinski definition) is 3. The smallest absolute Gasteiger partial charge is 0.0849 e. The Morgan fingerprint density at radius 2 is 1.41 bits per heavy atom. The van der Waals surface area contributed by atoms with E-state index in [0.29, 0.717) is 35.5 Å². The van der Waals surface area contributed by atoms with Gasteiger partial charge in [-0.2, -0.15) is 12.6 Å². The Labute approximate surface area is 246 Å². The van der Waals surface area contributed by atoms with E-state index in [-0.39, 0.29) is 42.7 Å². The second-order valence-corrected chi connectivity index (χ2v) is 19.7. The molecular weight excluding hydrogens is 496 g/mol. The van der Waals surface area contributed by atoms with Crippen LogP contribution in [0, 0.1) is 73.4 Å². The molecule has 6 saturated carbocycles. The van der Waals surface area contributed by atoms with Gasteiger partial charge in [-0.15, -0.1) is 0 Å². The first kappa shape index (κ1) is 29.3. The zero-order valence-electron chi connectivity index (χ0n) is 27.8. The van der Waals surface area contributed by atoms with Gasteiger partial charge >= 0.3 is 0 Å². The van der Waals surface area contributed by atoms with Crippen LogP contribution in [0.15, 0.2) is 0 Å².